The molecule has 0 amide bonds. The molecule has 0 rings (SSSR count). The number of hydrogen-bond acceptors (Lipinski definition) is 1. The predicted octanol–water partition coefficient (Wildman–Crippen LogP) is 3.98. The Morgan fingerprint density at radius 2 is 1.64 bits per heavy atom. The van der Waals surface area contributed by atoms with Gasteiger partial charge in [-0.1, -0.05) is 47.0 Å². The van der Waals surface area contributed by atoms with E-state index in [1.807, 2.05) is 0 Å². The van der Waals surface area contributed by atoms with E-state index in [9.17, 15) is 0 Å². The van der Waals surface area contributed by atoms with Crippen LogP contribution in [0.2, 0.25) is 0 Å². The van der Waals surface area contributed by atoms with Crippen LogP contribution < -0.4 is 5.32 Å². The molecule has 0 aliphatic heterocycles. The molecule has 0 bridgehead atoms. The van der Waals surface area contributed by atoms with Crippen molar-refractivity contribution in [1.29, 1.82) is 0 Å². The van der Waals surface area contributed by atoms with Crippen LogP contribution in [0.4, 0.5) is 0 Å². The molecule has 0 heterocycles. The highest BCUT2D eigenvalue weighted by Gasteiger charge is 2.13. The van der Waals surface area contributed by atoms with Crippen LogP contribution in [0.3, 0.4) is 0 Å². The molecule has 14 heavy (non-hydrogen) atoms. The van der Waals surface area contributed by atoms with Crippen LogP contribution >= 0.6 is 0 Å². The van der Waals surface area contributed by atoms with Gasteiger partial charge in [-0.25, -0.2) is 0 Å². The van der Waals surface area contributed by atoms with Crippen LogP contribution in [0.15, 0.2) is 0 Å². The zero-order chi connectivity index (χ0) is 11.0. The third-order valence-corrected chi connectivity index (χ3v) is 3.40. The second-order valence-corrected chi connectivity index (χ2v) is 4.59. The molecule has 0 aromatic rings. The summed E-state index contributed by atoms with van der Waals surface area (Å²) < 4.78 is 0. The second kappa shape index (κ2) is 8.28. The van der Waals surface area contributed by atoms with Crippen molar-refractivity contribution in [2.75, 3.05) is 0 Å². The molecule has 3 unspecified atom stereocenters. The summed E-state index contributed by atoms with van der Waals surface area (Å²) in [7, 11) is 0. The Hall–Kier alpha value is -0.0400. The lowest BCUT2D eigenvalue weighted by Gasteiger charge is -2.26. The maximum atomic E-state index is 3.75. The van der Waals surface area contributed by atoms with Gasteiger partial charge in [0.1, 0.15) is 0 Å². The van der Waals surface area contributed by atoms with Crippen molar-refractivity contribution in [2.45, 2.75) is 78.8 Å². The molecule has 0 aliphatic carbocycles. The molecule has 0 saturated heterocycles. The van der Waals surface area contributed by atoms with Crippen LogP contribution in [-0.4, -0.2) is 12.1 Å². The third-order valence-electron chi connectivity index (χ3n) is 3.40. The van der Waals surface area contributed by atoms with Crippen LogP contribution in [0, 0.1) is 5.92 Å². The van der Waals surface area contributed by atoms with Gasteiger partial charge in [0.2, 0.25) is 0 Å². The predicted molar refractivity (Wildman–Crippen MR) is 65.7 cm³/mol. The lowest BCUT2D eigenvalue weighted by Crippen LogP contribution is -2.39. The van der Waals surface area contributed by atoms with Crippen molar-refractivity contribution in [1.82, 2.24) is 5.32 Å². The van der Waals surface area contributed by atoms with Crippen molar-refractivity contribution in [2.24, 2.45) is 5.92 Å². The fourth-order valence-corrected chi connectivity index (χ4v) is 1.75. The van der Waals surface area contributed by atoms with Gasteiger partial charge in [0.15, 0.2) is 0 Å². The Morgan fingerprint density at radius 3 is 2.07 bits per heavy atom. The van der Waals surface area contributed by atoms with E-state index in [4.69, 9.17) is 0 Å². The van der Waals surface area contributed by atoms with Gasteiger partial charge in [-0.2, -0.15) is 0 Å². The van der Waals surface area contributed by atoms with E-state index in [1.165, 1.54) is 32.1 Å². The lowest BCUT2D eigenvalue weighted by atomic mass is 9.98. The van der Waals surface area contributed by atoms with Gasteiger partial charge in [-0.05, 0) is 25.7 Å². The highest BCUT2D eigenvalue weighted by Crippen LogP contribution is 2.11. The zero-order valence-corrected chi connectivity index (χ0v) is 10.8. The van der Waals surface area contributed by atoms with Gasteiger partial charge in [0.25, 0.3) is 0 Å². The summed E-state index contributed by atoms with van der Waals surface area (Å²) in [6.07, 6.45) is 6.56. The van der Waals surface area contributed by atoms with E-state index in [0.29, 0.717) is 6.04 Å². The molecule has 0 fully saturated rings. The average Bonchev–Trinajstić information content (AvgIpc) is 2.22. The third kappa shape index (κ3) is 5.64. The minimum absolute atomic E-state index is 0.668. The Labute approximate surface area is 90.7 Å². The molecular weight excluding hydrogens is 170 g/mol. The first kappa shape index (κ1) is 14.0. The van der Waals surface area contributed by atoms with Crippen LogP contribution in [0.25, 0.3) is 0 Å². The zero-order valence-electron chi connectivity index (χ0n) is 10.8. The van der Waals surface area contributed by atoms with E-state index in [1.54, 1.807) is 0 Å². The molecule has 1 nitrogen and oxygen atoms in total. The van der Waals surface area contributed by atoms with Gasteiger partial charge >= 0.3 is 0 Å². The van der Waals surface area contributed by atoms with E-state index in [-0.39, 0.29) is 0 Å². The Kier molecular flexibility index (Phi) is 8.26. The first-order valence-electron chi connectivity index (χ1n) is 6.41. The maximum absolute atomic E-state index is 3.75. The van der Waals surface area contributed by atoms with Crippen LogP contribution in [0.1, 0.15) is 66.7 Å². The molecule has 0 aromatic heterocycles. The molecule has 0 saturated carbocycles. The van der Waals surface area contributed by atoms with Gasteiger partial charge in [0.05, 0.1) is 0 Å². The molecule has 3 atom stereocenters. The van der Waals surface area contributed by atoms with Crippen molar-refractivity contribution >= 4 is 0 Å². The fourth-order valence-electron chi connectivity index (χ4n) is 1.75. The molecule has 0 radical (unpaired) electrons. The minimum Gasteiger partial charge on any atom is -0.311 e. The van der Waals surface area contributed by atoms with E-state index in [2.05, 4.69) is 39.9 Å². The van der Waals surface area contributed by atoms with Crippen molar-refractivity contribution < 1.29 is 0 Å². The van der Waals surface area contributed by atoms with E-state index >= 15 is 0 Å². The summed E-state index contributed by atoms with van der Waals surface area (Å²) in [5.74, 6) is 0.797. The lowest BCUT2D eigenvalue weighted by molar-refractivity contribution is 0.328. The molecule has 0 spiro atoms. The van der Waals surface area contributed by atoms with Crippen molar-refractivity contribution in [3.63, 3.8) is 0 Å². The van der Waals surface area contributed by atoms with E-state index in [0.717, 1.165) is 12.0 Å². The standard InChI is InChI=1S/C13H29N/c1-6-9-10-13(8-3)14-12(5)11(4)7-2/h11-14H,6-10H2,1-5H3. The Balaban J connectivity index is 3.79. The first-order valence-corrected chi connectivity index (χ1v) is 6.41. The topological polar surface area (TPSA) is 12.0 Å². The number of rotatable bonds is 8. The second-order valence-electron chi connectivity index (χ2n) is 4.59. The Bertz CT molecular complexity index is 122. The SMILES string of the molecule is CCCCC(CC)NC(C)C(C)CC. The maximum Gasteiger partial charge on any atom is 0.00670 e. The summed E-state index contributed by atoms with van der Waals surface area (Å²) in [4.78, 5) is 0. The molecular formula is C13H29N. The minimum atomic E-state index is 0.668. The largest absolute Gasteiger partial charge is 0.311 e. The first-order chi connectivity index (χ1) is 6.65. The smallest absolute Gasteiger partial charge is 0.00670 e. The fraction of sp³-hybridized carbons (Fsp3) is 1.00. The average molecular weight is 199 g/mol. The summed E-state index contributed by atoms with van der Waals surface area (Å²) in [6.45, 7) is 11.5. The van der Waals surface area contributed by atoms with Gasteiger partial charge < -0.3 is 5.32 Å². The molecule has 0 aliphatic rings. The number of hydrogen-bond donors (Lipinski definition) is 1. The number of unbranched alkanes of at least 4 members (excludes halogenated alkanes) is 1. The summed E-state index contributed by atoms with van der Waals surface area (Å²) in [6, 6.07) is 1.40. The van der Waals surface area contributed by atoms with Crippen LogP contribution in [0.5, 0.6) is 0 Å². The van der Waals surface area contributed by atoms with E-state index < -0.39 is 0 Å². The van der Waals surface area contributed by atoms with Crippen LogP contribution in [-0.2, 0) is 0 Å². The summed E-state index contributed by atoms with van der Waals surface area (Å²) in [5, 5.41) is 3.75. The highest BCUT2D eigenvalue weighted by molar-refractivity contribution is 4.73. The monoisotopic (exact) mass is 199 g/mol. The van der Waals surface area contributed by atoms with Crippen molar-refractivity contribution in [3.8, 4) is 0 Å². The molecule has 0 aromatic carbocycles. The van der Waals surface area contributed by atoms with Gasteiger partial charge in [-0.3, -0.25) is 0 Å². The quantitative estimate of drug-likeness (QED) is 0.623. The summed E-state index contributed by atoms with van der Waals surface area (Å²) in [5.41, 5.74) is 0. The highest BCUT2D eigenvalue weighted by atomic mass is 14.9. The number of nitrogens with one attached hydrogen (secondary N) is 1. The Morgan fingerprint density at radius 1 is 1.00 bits per heavy atom. The molecule has 1 heteroatoms. The van der Waals surface area contributed by atoms with Gasteiger partial charge in [-0.15, -0.1) is 0 Å². The van der Waals surface area contributed by atoms with Crippen molar-refractivity contribution in [3.05, 3.63) is 0 Å². The summed E-state index contributed by atoms with van der Waals surface area (Å²) >= 11 is 0. The van der Waals surface area contributed by atoms with Gasteiger partial charge in [0, 0.05) is 12.1 Å². The molecule has 86 valence electrons. The normalized spacial score (nSPS) is 17.8. The molecule has 1 N–H and O–H groups in total.